The largest absolute Gasteiger partial charge is 0.394 e. The van der Waals surface area contributed by atoms with Crippen LogP contribution in [-0.2, 0) is 4.74 Å². The van der Waals surface area contributed by atoms with Crippen molar-refractivity contribution in [3.63, 3.8) is 0 Å². The minimum absolute atomic E-state index is 0.0628. The van der Waals surface area contributed by atoms with Crippen LogP contribution < -0.4 is 5.32 Å². The Balaban J connectivity index is 2.04. The number of nitrogens with one attached hydrogen (secondary N) is 1. The third kappa shape index (κ3) is 7.28. The average Bonchev–Trinajstić information content (AvgIpc) is 3.24. The number of hydrogen-bond donors (Lipinski definition) is 2. The van der Waals surface area contributed by atoms with E-state index in [0.717, 1.165) is 32.5 Å². The van der Waals surface area contributed by atoms with Crippen molar-refractivity contribution in [1.82, 2.24) is 5.32 Å². The molecule has 3 heteroatoms. The number of unbranched alkanes of at least 4 members (excludes halogenated alkanes) is 3. The van der Waals surface area contributed by atoms with Crippen LogP contribution in [0.4, 0.5) is 0 Å². The highest BCUT2D eigenvalue weighted by Crippen LogP contribution is 2.26. The second-order valence-electron chi connectivity index (χ2n) is 5.99. The van der Waals surface area contributed by atoms with Crippen LogP contribution in [0.1, 0.15) is 71.6 Å². The molecule has 0 saturated heterocycles. The Bertz CT molecular complexity index is 213. The fourth-order valence-corrected chi connectivity index (χ4v) is 2.49. The molecule has 1 atom stereocenters. The van der Waals surface area contributed by atoms with E-state index in [1.807, 2.05) is 0 Å². The van der Waals surface area contributed by atoms with Gasteiger partial charge in [-0.05, 0) is 38.5 Å². The summed E-state index contributed by atoms with van der Waals surface area (Å²) >= 11 is 0. The van der Waals surface area contributed by atoms with Crippen molar-refractivity contribution < 1.29 is 9.84 Å². The normalized spacial score (nSPS) is 18.5. The summed E-state index contributed by atoms with van der Waals surface area (Å²) in [4.78, 5) is 0. The zero-order valence-electron chi connectivity index (χ0n) is 12.9. The number of aliphatic hydroxyl groups excluding tert-OH is 1. The molecule has 0 bridgehead atoms. The molecule has 0 aromatic heterocycles. The molecule has 0 aromatic carbocycles. The molecule has 3 nitrogen and oxygen atoms in total. The predicted molar refractivity (Wildman–Crippen MR) is 80.5 cm³/mol. The van der Waals surface area contributed by atoms with E-state index >= 15 is 0 Å². The summed E-state index contributed by atoms with van der Waals surface area (Å²) in [6.07, 6.45) is 10.7. The van der Waals surface area contributed by atoms with E-state index in [2.05, 4.69) is 19.2 Å². The smallest absolute Gasteiger partial charge is 0.0613 e. The van der Waals surface area contributed by atoms with Crippen molar-refractivity contribution in [3.05, 3.63) is 0 Å². The third-order valence-corrected chi connectivity index (χ3v) is 4.15. The molecule has 1 fully saturated rings. The van der Waals surface area contributed by atoms with Gasteiger partial charge in [0.25, 0.3) is 0 Å². The number of aliphatic hydroxyl groups is 1. The van der Waals surface area contributed by atoms with Crippen LogP contribution >= 0.6 is 0 Å². The van der Waals surface area contributed by atoms with E-state index in [0.29, 0.717) is 6.04 Å². The molecule has 19 heavy (non-hydrogen) atoms. The molecule has 0 radical (unpaired) electrons. The summed E-state index contributed by atoms with van der Waals surface area (Å²) in [7, 11) is 0. The summed E-state index contributed by atoms with van der Waals surface area (Å²) in [5.41, 5.74) is -0.0628. The number of ether oxygens (including phenoxy) is 1. The summed E-state index contributed by atoms with van der Waals surface area (Å²) in [5, 5.41) is 13.3. The quantitative estimate of drug-likeness (QED) is 0.505. The van der Waals surface area contributed by atoms with Gasteiger partial charge in [0, 0.05) is 24.8 Å². The second kappa shape index (κ2) is 9.73. The minimum atomic E-state index is -0.0628. The van der Waals surface area contributed by atoms with Crippen LogP contribution in [0.2, 0.25) is 0 Å². The molecular weight excluding hydrogens is 238 g/mol. The Hall–Kier alpha value is -0.120. The van der Waals surface area contributed by atoms with Gasteiger partial charge in [0.05, 0.1) is 6.61 Å². The summed E-state index contributed by atoms with van der Waals surface area (Å²) in [6, 6.07) is 0.655. The maximum absolute atomic E-state index is 9.65. The lowest BCUT2D eigenvalue weighted by Crippen LogP contribution is -2.49. The van der Waals surface area contributed by atoms with Gasteiger partial charge >= 0.3 is 0 Å². The third-order valence-electron chi connectivity index (χ3n) is 4.15. The lowest BCUT2D eigenvalue weighted by molar-refractivity contribution is 0.0997. The van der Waals surface area contributed by atoms with Gasteiger partial charge in [0.2, 0.25) is 0 Å². The molecular formula is C16H33NO2. The molecule has 0 amide bonds. The van der Waals surface area contributed by atoms with Gasteiger partial charge in [-0.1, -0.05) is 33.1 Å². The van der Waals surface area contributed by atoms with Gasteiger partial charge in [-0.15, -0.1) is 0 Å². The van der Waals surface area contributed by atoms with E-state index in [9.17, 15) is 5.11 Å². The maximum Gasteiger partial charge on any atom is 0.0613 e. The summed E-state index contributed by atoms with van der Waals surface area (Å²) in [6.45, 7) is 6.37. The van der Waals surface area contributed by atoms with Crippen LogP contribution in [0.15, 0.2) is 0 Å². The molecule has 1 rings (SSSR count). The lowest BCUT2D eigenvalue weighted by atomic mass is 9.91. The van der Waals surface area contributed by atoms with Crippen molar-refractivity contribution in [2.75, 3.05) is 19.8 Å². The Labute approximate surface area is 119 Å². The Kier molecular flexibility index (Phi) is 8.67. The Morgan fingerprint density at radius 3 is 2.42 bits per heavy atom. The highest BCUT2D eigenvalue weighted by Gasteiger charge is 2.33. The molecule has 0 heterocycles. The fraction of sp³-hybridized carbons (Fsp3) is 1.00. The molecule has 0 spiro atoms. The van der Waals surface area contributed by atoms with Crippen molar-refractivity contribution in [2.24, 2.45) is 0 Å². The zero-order chi connectivity index (χ0) is 14.0. The number of hydrogen-bond acceptors (Lipinski definition) is 3. The first-order valence-corrected chi connectivity index (χ1v) is 8.22. The van der Waals surface area contributed by atoms with Gasteiger partial charge in [0.1, 0.15) is 0 Å². The average molecular weight is 271 g/mol. The van der Waals surface area contributed by atoms with Crippen molar-refractivity contribution in [3.8, 4) is 0 Å². The molecule has 0 aliphatic heterocycles. The zero-order valence-corrected chi connectivity index (χ0v) is 12.9. The van der Waals surface area contributed by atoms with Crippen LogP contribution in [0, 0.1) is 0 Å². The monoisotopic (exact) mass is 271 g/mol. The van der Waals surface area contributed by atoms with E-state index < -0.39 is 0 Å². The second-order valence-corrected chi connectivity index (χ2v) is 5.99. The van der Waals surface area contributed by atoms with Crippen LogP contribution in [0.5, 0.6) is 0 Å². The summed E-state index contributed by atoms with van der Waals surface area (Å²) < 4.78 is 5.68. The van der Waals surface area contributed by atoms with Crippen LogP contribution in [-0.4, -0.2) is 36.5 Å². The molecule has 1 aliphatic rings. The standard InChI is InChI=1S/C16H33NO2/c1-3-5-6-7-12-19-13-8-11-16(4-2,14-18)17-15-9-10-15/h15,17-18H,3-14H2,1-2H3. The van der Waals surface area contributed by atoms with E-state index in [1.165, 1.54) is 38.5 Å². The Morgan fingerprint density at radius 1 is 1.11 bits per heavy atom. The van der Waals surface area contributed by atoms with Gasteiger partial charge in [-0.25, -0.2) is 0 Å². The van der Waals surface area contributed by atoms with Crippen LogP contribution in [0.25, 0.3) is 0 Å². The SMILES string of the molecule is CCCCCCOCCCC(CC)(CO)NC1CC1. The van der Waals surface area contributed by atoms with Crippen molar-refractivity contribution >= 4 is 0 Å². The molecule has 1 saturated carbocycles. The van der Waals surface area contributed by atoms with Gasteiger partial charge in [-0.3, -0.25) is 0 Å². The number of rotatable bonds is 13. The fourth-order valence-electron chi connectivity index (χ4n) is 2.49. The highest BCUT2D eigenvalue weighted by atomic mass is 16.5. The topological polar surface area (TPSA) is 41.5 Å². The first-order chi connectivity index (χ1) is 9.26. The van der Waals surface area contributed by atoms with Crippen LogP contribution in [0.3, 0.4) is 0 Å². The molecule has 1 unspecified atom stereocenters. The highest BCUT2D eigenvalue weighted by molar-refractivity contribution is 4.94. The lowest BCUT2D eigenvalue weighted by Gasteiger charge is -2.32. The van der Waals surface area contributed by atoms with Crippen molar-refractivity contribution in [2.45, 2.75) is 83.2 Å². The van der Waals surface area contributed by atoms with Crippen molar-refractivity contribution in [1.29, 1.82) is 0 Å². The predicted octanol–water partition coefficient (Wildman–Crippen LogP) is 3.26. The van der Waals surface area contributed by atoms with E-state index in [1.54, 1.807) is 0 Å². The maximum atomic E-state index is 9.65. The van der Waals surface area contributed by atoms with Gasteiger partial charge < -0.3 is 15.2 Å². The van der Waals surface area contributed by atoms with E-state index in [-0.39, 0.29) is 12.1 Å². The van der Waals surface area contributed by atoms with E-state index in [4.69, 9.17) is 4.74 Å². The molecule has 114 valence electrons. The molecule has 0 aromatic rings. The van der Waals surface area contributed by atoms with Gasteiger partial charge in [-0.2, -0.15) is 0 Å². The minimum Gasteiger partial charge on any atom is -0.394 e. The first-order valence-electron chi connectivity index (χ1n) is 8.22. The Morgan fingerprint density at radius 2 is 1.84 bits per heavy atom. The summed E-state index contributed by atoms with van der Waals surface area (Å²) in [5.74, 6) is 0. The molecule has 2 N–H and O–H groups in total. The molecule has 1 aliphatic carbocycles. The first kappa shape index (κ1) is 16.9. The van der Waals surface area contributed by atoms with Gasteiger partial charge in [0.15, 0.2) is 0 Å².